The number of anilines is 1. The third kappa shape index (κ3) is 3.49. The van der Waals surface area contributed by atoms with E-state index in [1.807, 2.05) is 43.6 Å². The summed E-state index contributed by atoms with van der Waals surface area (Å²) >= 11 is 0. The van der Waals surface area contributed by atoms with Crippen LogP contribution >= 0.6 is 0 Å². The number of halogens is 3. The van der Waals surface area contributed by atoms with Crippen molar-refractivity contribution in [3.05, 3.63) is 71.8 Å². The van der Waals surface area contributed by atoms with Crippen LogP contribution in [0.25, 0.3) is 11.1 Å². The molecule has 3 aliphatic rings. The zero-order valence-electron chi connectivity index (χ0n) is 19.6. The molecule has 1 unspecified atom stereocenters. The molecule has 0 radical (unpaired) electrons. The highest BCUT2D eigenvalue weighted by molar-refractivity contribution is 6.08. The second-order valence-electron chi connectivity index (χ2n) is 10.0. The van der Waals surface area contributed by atoms with Gasteiger partial charge in [-0.2, -0.15) is 5.10 Å². The van der Waals surface area contributed by atoms with Gasteiger partial charge in [0.1, 0.15) is 11.4 Å². The van der Waals surface area contributed by atoms with Crippen molar-refractivity contribution >= 4 is 11.6 Å². The molecule has 0 bridgehead atoms. The number of amides is 1. The van der Waals surface area contributed by atoms with E-state index in [9.17, 15) is 13.6 Å². The van der Waals surface area contributed by atoms with Crippen molar-refractivity contribution in [3.8, 4) is 11.1 Å². The van der Waals surface area contributed by atoms with Crippen LogP contribution in [0.4, 0.5) is 18.9 Å². The van der Waals surface area contributed by atoms with Gasteiger partial charge < -0.3 is 4.90 Å². The monoisotopic (exact) mass is 480 g/mol. The quantitative estimate of drug-likeness (QED) is 0.512. The van der Waals surface area contributed by atoms with E-state index in [0.717, 1.165) is 22.4 Å². The molecular formula is C27H27F3N4O. The van der Waals surface area contributed by atoms with E-state index in [1.165, 1.54) is 6.07 Å². The molecule has 1 amide bonds. The fourth-order valence-corrected chi connectivity index (χ4v) is 6.07. The number of alkyl halides is 2. The van der Waals surface area contributed by atoms with Crippen molar-refractivity contribution < 1.29 is 18.0 Å². The second-order valence-corrected chi connectivity index (χ2v) is 10.0. The number of hydrogen-bond donors (Lipinski definition) is 0. The van der Waals surface area contributed by atoms with Gasteiger partial charge in [-0.05, 0) is 37.0 Å². The summed E-state index contributed by atoms with van der Waals surface area (Å²) in [6.45, 7) is 0.825. The highest BCUT2D eigenvalue weighted by Gasteiger charge is 2.61. The number of fused-ring (bicyclic) bond motifs is 2. The van der Waals surface area contributed by atoms with Crippen LogP contribution in [-0.4, -0.2) is 39.1 Å². The van der Waals surface area contributed by atoms with Gasteiger partial charge in [0.15, 0.2) is 0 Å². The van der Waals surface area contributed by atoms with E-state index in [-0.39, 0.29) is 37.2 Å². The molecule has 6 rings (SSSR count). The minimum Gasteiger partial charge on any atom is -0.306 e. The Bertz CT molecular complexity index is 1300. The predicted molar refractivity (Wildman–Crippen MR) is 126 cm³/mol. The first-order valence-corrected chi connectivity index (χ1v) is 12.1. The normalized spacial score (nSPS) is 24.1. The summed E-state index contributed by atoms with van der Waals surface area (Å²) in [7, 11) is 1.81. The Morgan fingerprint density at radius 1 is 1.06 bits per heavy atom. The molecule has 1 saturated carbocycles. The third-order valence-electron chi connectivity index (χ3n) is 7.99. The maximum Gasteiger partial charge on any atom is 0.252 e. The van der Waals surface area contributed by atoms with Gasteiger partial charge in [0, 0.05) is 61.1 Å². The van der Waals surface area contributed by atoms with Gasteiger partial charge in [-0.25, -0.2) is 13.2 Å². The number of carbonyl (C=O) groups excluding carboxylic acids is 1. The number of carbonyl (C=O) groups is 1. The van der Waals surface area contributed by atoms with E-state index in [4.69, 9.17) is 0 Å². The standard InChI is InChI=1S/C27H27F3N4O/c1-32-16-20(15-31-32)18-6-7-19(23(28)14-18)17-33-24-5-3-2-4-22(24)27(25(33)35)12-13-34(27)21-8-10-26(29,30)11-9-21/h2-7,14-16,21H,8-13,17H2,1H3. The van der Waals surface area contributed by atoms with Crippen LogP contribution in [0.3, 0.4) is 0 Å². The van der Waals surface area contributed by atoms with Gasteiger partial charge in [0.25, 0.3) is 5.91 Å². The van der Waals surface area contributed by atoms with Crippen LogP contribution in [0.15, 0.2) is 54.9 Å². The van der Waals surface area contributed by atoms with Crippen molar-refractivity contribution in [2.45, 2.75) is 56.2 Å². The lowest BCUT2D eigenvalue weighted by Gasteiger charge is -2.54. The van der Waals surface area contributed by atoms with Gasteiger partial charge >= 0.3 is 0 Å². The molecule has 2 fully saturated rings. The van der Waals surface area contributed by atoms with E-state index >= 15 is 4.39 Å². The molecule has 3 aromatic rings. The van der Waals surface area contributed by atoms with Crippen LogP contribution in [0.2, 0.25) is 0 Å². The minimum absolute atomic E-state index is 0.0455. The number of aromatic nitrogens is 2. The van der Waals surface area contributed by atoms with Gasteiger partial charge in [-0.15, -0.1) is 0 Å². The predicted octanol–water partition coefficient (Wildman–Crippen LogP) is 5.25. The van der Waals surface area contributed by atoms with E-state index < -0.39 is 11.5 Å². The van der Waals surface area contributed by atoms with Crippen molar-refractivity contribution in [2.24, 2.45) is 7.05 Å². The maximum atomic E-state index is 15.2. The van der Waals surface area contributed by atoms with E-state index in [1.54, 1.807) is 21.8 Å². The lowest BCUT2D eigenvalue weighted by Crippen LogP contribution is -2.66. The third-order valence-corrected chi connectivity index (χ3v) is 7.99. The Morgan fingerprint density at radius 2 is 1.83 bits per heavy atom. The molecule has 1 aromatic heterocycles. The zero-order chi connectivity index (χ0) is 24.4. The van der Waals surface area contributed by atoms with Crippen LogP contribution in [0.5, 0.6) is 0 Å². The lowest BCUT2D eigenvalue weighted by molar-refractivity contribution is -0.149. The van der Waals surface area contributed by atoms with Gasteiger partial charge in [0.2, 0.25) is 5.92 Å². The van der Waals surface area contributed by atoms with Crippen LogP contribution in [0, 0.1) is 5.82 Å². The van der Waals surface area contributed by atoms with E-state index in [0.29, 0.717) is 31.4 Å². The number of para-hydroxylation sites is 1. The summed E-state index contributed by atoms with van der Waals surface area (Å²) in [6.07, 6.45) is 4.64. The fraction of sp³-hybridized carbons (Fsp3) is 0.407. The molecule has 1 aliphatic carbocycles. The summed E-state index contributed by atoms with van der Waals surface area (Å²) < 4.78 is 44.4. The first-order chi connectivity index (χ1) is 16.8. The smallest absolute Gasteiger partial charge is 0.252 e. The maximum absolute atomic E-state index is 15.2. The van der Waals surface area contributed by atoms with Crippen molar-refractivity contribution in [2.75, 3.05) is 11.4 Å². The molecule has 3 heterocycles. The summed E-state index contributed by atoms with van der Waals surface area (Å²) in [4.78, 5) is 17.8. The Morgan fingerprint density at radius 3 is 2.49 bits per heavy atom. The van der Waals surface area contributed by atoms with Gasteiger partial charge in [-0.1, -0.05) is 30.3 Å². The molecule has 35 heavy (non-hydrogen) atoms. The fourth-order valence-electron chi connectivity index (χ4n) is 6.07. The average molecular weight is 481 g/mol. The molecule has 5 nitrogen and oxygen atoms in total. The molecule has 2 aliphatic heterocycles. The Labute approximate surface area is 202 Å². The highest BCUT2D eigenvalue weighted by Crippen LogP contribution is 2.54. The largest absolute Gasteiger partial charge is 0.306 e. The number of aryl methyl sites for hydroxylation is 1. The summed E-state index contributed by atoms with van der Waals surface area (Å²) in [5.41, 5.74) is 2.83. The number of likely N-dealkylation sites (tertiary alicyclic amines) is 1. The molecule has 1 atom stereocenters. The van der Waals surface area contributed by atoms with Crippen molar-refractivity contribution in [1.29, 1.82) is 0 Å². The summed E-state index contributed by atoms with van der Waals surface area (Å²) in [5, 5.41) is 4.14. The lowest BCUT2D eigenvalue weighted by atomic mass is 9.75. The Kier molecular flexibility index (Phi) is 5.07. The molecule has 1 saturated heterocycles. The molecular weight excluding hydrogens is 453 g/mol. The number of benzene rings is 2. The Hall–Kier alpha value is -3.13. The molecule has 2 aromatic carbocycles. The number of hydrogen-bond acceptors (Lipinski definition) is 3. The van der Waals surface area contributed by atoms with Crippen LogP contribution in [-0.2, 0) is 23.9 Å². The number of rotatable bonds is 4. The van der Waals surface area contributed by atoms with Crippen LogP contribution < -0.4 is 4.90 Å². The topological polar surface area (TPSA) is 41.4 Å². The zero-order valence-corrected chi connectivity index (χ0v) is 19.6. The second kappa shape index (κ2) is 7.95. The first-order valence-electron chi connectivity index (χ1n) is 12.1. The van der Waals surface area contributed by atoms with E-state index in [2.05, 4.69) is 10.00 Å². The number of nitrogens with zero attached hydrogens (tertiary/aromatic N) is 4. The Balaban J connectivity index is 1.29. The van der Waals surface area contributed by atoms with Crippen LogP contribution in [0.1, 0.15) is 43.2 Å². The average Bonchev–Trinajstić information content (AvgIpc) is 3.36. The summed E-state index contributed by atoms with van der Waals surface area (Å²) in [5.74, 6) is -3.08. The molecule has 1 spiro atoms. The molecule has 182 valence electrons. The molecule has 0 N–H and O–H groups in total. The SMILES string of the molecule is Cn1cc(-c2ccc(CN3C(=O)C4(CCN4C4CCC(F)(F)CC4)c4ccccc43)c(F)c2)cn1. The minimum atomic E-state index is -2.61. The first kappa shape index (κ1) is 22.3. The molecule has 8 heteroatoms. The highest BCUT2D eigenvalue weighted by atomic mass is 19.3. The van der Waals surface area contributed by atoms with Crippen molar-refractivity contribution in [1.82, 2.24) is 14.7 Å². The van der Waals surface area contributed by atoms with Gasteiger partial charge in [-0.3, -0.25) is 14.4 Å². The van der Waals surface area contributed by atoms with Crippen molar-refractivity contribution in [3.63, 3.8) is 0 Å². The summed E-state index contributed by atoms with van der Waals surface area (Å²) in [6, 6.07) is 12.6. The van der Waals surface area contributed by atoms with Gasteiger partial charge in [0.05, 0.1) is 12.7 Å².